The van der Waals surface area contributed by atoms with E-state index in [2.05, 4.69) is 67.6 Å². The van der Waals surface area contributed by atoms with Crippen LogP contribution in [0.4, 0.5) is 0 Å². The molecule has 10 N–H and O–H groups in total. The van der Waals surface area contributed by atoms with Gasteiger partial charge in [0.2, 0.25) is 0 Å². The molecule has 0 radical (unpaired) electrons. The van der Waals surface area contributed by atoms with E-state index in [0.717, 1.165) is 63.8 Å². The quantitative estimate of drug-likeness (QED) is 0.0477. The number of nitrogens with one attached hydrogen (secondary N) is 3. The minimum absolute atomic E-state index is 0.0511. The number of benzene rings is 1. The van der Waals surface area contributed by atoms with E-state index in [9.17, 15) is 30.3 Å². The molecular formula is C58H81N5O8S2. The monoisotopic (exact) mass is 1040 g/mol. The van der Waals surface area contributed by atoms with E-state index in [1.807, 2.05) is 6.08 Å². The van der Waals surface area contributed by atoms with Gasteiger partial charge in [-0.3, -0.25) is 4.79 Å². The van der Waals surface area contributed by atoms with Crippen LogP contribution in [0.3, 0.4) is 0 Å². The molecule has 0 amide bonds. The number of fused-ring (bicyclic) bond motifs is 8. The molecule has 5 aliphatic heterocycles. The van der Waals surface area contributed by atoms with Crippen LogP contribution in [0.1, 0.15) is 153 Å². The highest BCUT2D eigenvalue weighted by Crippen LogP contribution is 2.76. The van der Waals surface area contributed by atoms with Gasteiger partial charge in [0, 0.05) is 71.7 Å². The van der Waals surface area contributed by atoms with Gasteiger partial charge in [-0.1, -0.05) is 77.0 Å². The molecule has 0 unspecified atom stereocenters. The van der Waals surface area contributed by atoms with E-state index < -0.39 is 53.9 Å². The maximum atomic E-state index is 13.1. The Morgan fingerprint density at radius 3 is 2.68 bits per heavy atom. The lowest BCUT2D eigenvalue weighted by Gasteiger charge is -2.71. The third-order valence-corrected chi connectivity index (χ3v) is 24.5. The van der Waals surface area contributed by atoms with Crippen LogP contribution in [0.5, 0.6) is 11.5 Å². The van der Waals surface area contributed by atoms with Crippen molar-refractivity contribution in [3.8, 4) is 23.3 Å². The van der Waals surface area contributed by atoms with Gasteiger partial charge in [-0.25, -0.2) is 4.99 Å². The number of hydrogen-bond donors (Lipinski definition) is 9. The lowest BCUT2D eigenvalue weighted by atomic mass is 9.36. The number of carbonyl (C=O) groups is 1. The number of rotatable bonds is 2. The smallest absolute Gasteiger partial charge is 0.302 e. The molecule has 0 aromatic heterocycles. The Kier molecular flexibility index (Phi) is 13.8. The molecule has 5 heterocycles. The number of ether oxygens (including phenoxy) is 2. The molecule has 398 valence electrons. The zero-order valence-corrected chi connectivity index (χ0v) is 44.5. The predicted octanol–water partition coefficient (Wildman–Crippen LogP) is 7.09. The van der Waals surface area contributed by atoms with Gasteiger partial charge in [0.25, 0.3) is 0 Å². The number of hydrogen-bond acceptors (Lipinski definition) is 15. The van der Waals surface area contributed by atoms with Crippen molar-refractivity contribution < 1.29 is 39.8 Å². The zero-order chi connectivity index (χ0) is 50.3. The Hall–Kier alpha value is -2.94. The van der Waals surface area contributed by atoms with E-state index in [0.29, 0.717) is 59.7 Å². The highest BCUT2D eigenvalue weighted by atomic mass is 33.1. The van der Waals surface area contributed by atoms with Crippen molar-refractivity contribution in [2.24, 2.45) is 62.5 Å². The molecule has 13 nitrogen and oxygen atoms in total. The van der Waals surface area contributed by atoms with Crippen molar-refractivity contribution in [2.75, 3.05) is 18.8 Å². The number of piperidine rings is 2. The van der Waals surface area contributed by atoms with Crippen molar-refractivity contribution in [1.29, 1.82) is 0 Å². The fourth-order valence-corrected chi connectivity index (χ4v) is 21.6. The van der Waals surface area contributed by atoms with E-state index in [4.69, 9.17) is 20.2 Å². The van der Waals surface area contributed by atoms with Crippen LogP contribution < -0.4 is 26.4 Å². The number of aliphatic hydroxyl groups is 4. The first-order chi connectivity index (χ1) is 35.3. The lowest BCUT2D eigenvalue weighted by Crippen LogP contribution is -2.75. The van der Waals surface area contributed by atoms with Crippen molar-refractivity contribution in [3.05, 3.63) is 47.6 Å². The normalized spacial score (nSPS) is 46.1. The van der Waals surface area contributed by atoms with Gasteiger partial charge >= 0.3 is 5.97 Å². The van der Waals surface area contributed by atoms with E-state index >= 15 is 0 Å². The number of carbonyl (C=O) groups excluding carboxylic acids is 1. The van der Waals surface area contributed by atoms with Gasteiger partial charge in [-0.2, -0.15) is 0 Å². The summed E-state index contributed by atoms with van der Waals surface area (Å²) < 4.78 is 13.0. The number of aliphatic imine (C=N–C) groups is 1. The standard InChI is InChI=1S/C58H81N5O8S2/c1-34(64)70-47-28-39(65)18-24-54-23-17-35-6-3-21-56(30-40(19-25-61-56)71-48-27-36(26-42(35)47)43(52(68)69)29-46(48)66)50-16-13-41(31-60-50)73-72-33-57(63-53(59)62-49(54)9-2-10-51(54)67)32-55-20-4-7-37(55)11-15-45-44(55)14-12-38-8-5-22-58(38,45)57/h2,9,11,15,27,29,35,37-42,44-45,47,49-52,60-61,65-69H,3-8,10,12-14,16,18-22,24-26,28,30-33H2,1H3,(H3,59,62,63)/t35-,37-,38-,39+,40+,41-,42+,44-,45-,47+,49-,50+,51+,54+,55+,56+,57+,58+/m1/s1. The second kappa shape index (κ2) is 19.8. The molecule has 18 atom stereocenters. The largest absolute Gasteiger partial charge is 0.504 e. The highest BCUT2D eigenvalue weighted by molar-refractivity contribution is 8.77. The van der Waals surface area contributed by atoms with Gasteiger partial charge in [0.05, 0.1) is 29.2 Å². The highest BCUT2D eigenvalue weighted by Gasteiger charge is 2.73. The fraction of sp³-hybridized carbons (Fsp3) is 0.759. The number of guanidine groups is 1. The average molecular weight is 1040 g/mol. The molecule has 1 aromatic rings. The fourth-order valence-electron chi connectivity index (χ4n) is 18.5. The molecule has 12 bridgehead atoms. The summed E-state index contributed by atoms with van der Waals surface area (Å²) in [5.74, 6) is 10.0. The number of allylic oxidation sites excluding steroid dienone is 2. The Labute approximate surface area is 440 Å². The van der Waals surface area contributed by atoms with Crippen molar-refractivity contribution in [3.63, 3.8) is 0 Å². The summed E-state index contributed by atoms with van der Waals surface area (Å²) in [5, 5.41) is 70.8. The summed E-state index contributed by atoms with van der Waals surface area (Å²) in [6.07, 6.45) is 23.0. The van der Waals surface area contributed by atoms with Crippen molar-refractivity contribution in [1.82, 2.24) is 16.0 Å². The second-order valence-electron chi connectivity index (χ2n) is 25.0. The summed E-state index contributed by atoms with van der Waals surface area (Å²) in [4.78, 5) is 18.6. The third-order valence-electron chi connectivity index (χ3n) is 21.5. The maximum absolute atomic E-state index is 13.1. The number of aromatic hydroxyl groups is 1. The van der Waals surface area contributed by atoms with Crippen molar-refractivity contribution >= 4 is 33.5 Å². The van der Waals surface area contributed by atoms with E-state index in [-0.39, 0.29) is 70.4 Å². The van der Waals surface area contributed by atoms with Gasteiger partial charge in [-0.15, -0.1) is 0 Å². The third kappa shape index (κ3) is 8.69. The number of esters is 1. The first kappa shape index (κ1) is 50.9. The van der Waals surface area contributed by atoms with Crippen LogP contribution in [0.25, 0.3) is 0 Å². The lowest BCUT2D eigenvalue weighted by molar-refractivity contribution is -0.162. The SMILES string of the molecule is CC(=O)O[C@H]1C[C@@H](O)CC[C@@]23C#C[C@H]4CCC[C@]5(C[C@H](CCN5)Oc5cc(c(C(O)O)cc5O)C[C@H]14)[C@@H]1CC[C@H](CN1)SSC[C@]1(C[C@@]45CCC[C@@H]4C=C[C@@H]4[C@H]5CC[C@H]5CCC[C@]541)NC(N)=N[C@@H]2C=CC[C@@H]3O. The van der Waals surface area contributed by atoms with Gasteiger partial charge < -0.3 is 56.7 Å². The summed E-state index contributed by atoms with van der Waals surface area (Å²) in [6, 6.07) is 2.67. The molecule has 6 fully saturated rings. The minimum atomic E-state index is -1.90. The van der Waals surface area contributed by atoms with Gasteiger partial charge in [-0.05, 0) is 156 Å². The Morgan fingerprint density at radius 2 is 1.85 bits per heavy atom. The average Bonchev–Trinajstić information content (AvgIpc) is 3.99. The van der Waals surface area contributed by atoms with Crippen LogP contribution in [0.2, 0.25) is 0 Å². The molecule has 13 rings (SSSR count). The number of phenolic OH excluding ortho intramolecular Hbond substituents is 1. The van der Waals surface area contributed by atoms with Crippen LogP contribution in [-0.2, 0) is 16.0 Å². The molecular weight excluding hydrogens is 959 g/mol. The molecule has 1 aromatic carbocycles. The molecule has 2 saturated heterocycles. The number of nitrogens with zero attached hydrogens (tertiary/aromatic N) is 1. The summed E-state index contributed by atoms with van der Waals surface area (Å²) in [7, 11) is 4.13. The summed E-state index contributed by atoms with van der Waals surface area (Å²) >= 11 is 0. The van der Waals surface area contributed by atoms with Crippen LogP contribution in [0.15, 0.2) is 41.4 Å². The summed E-state index contributed by atoms with van der Waals surface area (Å²) in [5.41, 5.74) is 6.75. The maximum Gasteiger partial charge on any atom is 0.302 e. The van der Waals surface area contributed by atoms with E-state index in [1.165, 1.54) is 64.4 Å². The zero-order valence-electron chi connectivity index (χ0n) is 42.8. The van der Waals surface area contributed by atoms with Gasteiger partial charge in [0.15, 0.2) is 23.7 Å². The minimum Gasteiger partial charge on any atom is -0.504 e. The molecule has 15 heteroatoms. The predicted molar refractivity (Wildman–Crippen MR) is 285 cm³/mol. The topological polar surface area (TPSA) is 211 Å². The van der Waals surface area contributed by atoms with E-state index in [1.54, 1.807) is 6.07 Å². The first-order valence-corrected chi connectivity index (χ1v) is 30.8. The van der Waals surface area contributed by atoms with Crippen LogP contribution in [-0.4, -0.2) is 109 Å². The molecule has 73 heavy (non-hydrogen) atoms. The van der Waals surface area contributed by atoms with Crippen LogP contribution >= 0.6 is 21.6 Å². The van der Waals surface area contributed by atoms with Gasteiger partial charge in [0.1, 0.15) is 12.2 Å². The summed E-state index contributed by atoms with van der Waals surface area (Å²) in [6.45, 7) is 3.03. The number of nitrogens with two attached hydrogens (primary N) is 1. The molecule has 5 spiro atoms. The Morgan fingerprint density at radius 1 is 0.986 bits per heavy atom. The van der Waals surface area contributed by atoms with Crippen LogP contribution in [0, 0.1) is 63.6 Å². The number of aliphatic hydroxyl groups excluding tert-OH is 3. The molecule has 12 aliphatic rings. The van der Waals surface area contributed by atoms with Crippen molar-refractivity contribution in [2.45, 2.75) is 201 Å². The first-order valence-electron chi connectivity index (χ1n) is 28.4. The molecule has 7 aliphatic carbocycles. The Bertz CT molecular complexity index is 2420. The molecule has 4 saturated carbocycles. The Balaban J connectivity index is 1.02. The number of phenols is 1. The second-order valence-corrected chi connectivity index (χ2v) is 27.6.